The first-order chi connectivity index (χ1) is 16.8. The van der Waals surface area contributed by atoms with Crippen molar-refractivity contribution in [3.63, 3.8) is 0 Å². The molecule has 0 aliphatic carbocycles. The summed E-state index contributed by atoms with van der Waals surface area (Å²) in [6, 6.07) is 15.4. The maximum absolute atomic E-state index is 9.39. The first-order valence-corrected chi connectivity index (χ1v) is 11.8. The van der Waals surface area contributed by atoms with Crippen molar-refractivity contribution in [3.05, 3.63) is 58.8 Å². The number of fused-ring (bicyclic) bond motifs is 1. The monoisotopic (exact) mass is 474 g/mol. The number of piperidine rings is 1. The molecule has 35 heavy (non-hydrogen) atoms. The zero-order chi connectivity index (χ0) is 25.5. The lowest BCUT2D eigenvalue weighted by Crippen LogP contribution is -2.41. The highest BCUT2D eigenvalue weighted by atomic mass is 16.3. The van der Waals surface area contributed by atoms with Crippen LogP contribution in [0.15, 0.2) is 36.4 Å². The molecule has 8 nitrogen and oxygen atoms in total. The number of hydrogen-bond acceptors (Lipinski definition) is 7. The third kappa shape index (κ3) is 5.87. The van der Waals surface area contributed by atoms with Crippen LogP contribution in [0.3, 0.4) is 0 Å². The molecular weight excluding hydrogens is 440 g/mol. The number of carbonyl (C=O) groups is 1. The van der Waals surface area contributed by atoms with Crippen LogP contribution in [0.1, 0.15) is 48.2 Å². The second kappa shape index (κ2) is 11.6. The molecule has 3 aromatic rings. The highest BCUT2D eigenvalue weighted by molar-refractivity contribution is 5.95. The lowest BCUT2D eigenvalue weighted by molar-refractivity contribution is -0.122. The molecule has 4 rings (SSSR count). The Morgan fingerprint density at radius 1 is 1.17 bits per heavy atom. The number of nitrogens with one attached hydrogen (secondary N) is 1. The molecule has 1 aliphatic rings. The van der Waals surface area contributed by atoms with E-state index in [9.17, 15) is 5.26 Å². The minimum atomic E-state index is -0.250. The minimum absolute atomic E-state index is 0.00278. The Morgan fingerprint density at radius 3 is 2.49 bits per heavy atom. The average molecular weight is 475 g/mol. The van der Waals surface area contributed by atoms with E-state index in [2.05, 4.69) is 76.7 Å². The van der Waals surface area contributed by atoms with E-state index in [0.29, 0.717) is 11.6 Å². The number of aromatic nitrogens is 2. The number of anilines is 2. The molecular formula is C27H34N6O2. The van der Waals surface area contributed by atoms with Crippen LogP contribution < -0.4 is 10.2 Å². The Bertz CT molecular complexity index is 1210. The van der Waals surface area contributed by atoms with Gasteiger partial charge in [0.25, 0.3) is 6.47 Å². The van der Waals surface area contributed by atoms with E-state index in [-0.39, 0.29) is 12.5 Å². The second-order valence-electron chi connectivity index (χ2n) is 9.15. The molecule has 0 radical (unpaired) electrons. The van der Waals surface area contributed by atoms with Crippen molar-refractivity contribution in [2.24, 2.45) is 0 Å². The maximum Gasteiger partial charge on any atom is 0.290 e. The van der Waals surface area contributed by atoms with E-state index in [1.807, 2.05) is 26.0 Å². The van der Waals surface area contributed by atoms with Crippen molar-refractivity contribution in [3.8, 4) is 6.07 Å². The molecule has 1 unspecified atom stereocenters. The van der Waals surface area contributed by atoms with Crippen LogP contribution in [-0.4, -0.2) is 59.9 Å². The van der Waals surface area contributed by atoms with E-state index in [0.717, 1.165) is 46.5 Å². The normalized spacial score (nSPS) is 14.7. The van der Waals surface area contributed by atoms with Crippen molar-refractivity contribution >= 4 is 28.7 Å². The Labute approximate surface area is 207 Å². The standard InChI is InChI=1S/C26H32N6.CH2O2/c1-17-20(16-27)7-6-8-23(17)18(2)28-26-25-15-22(9-10-24(25)19(3)29-30-26)32-13-11-21(12-14-32)31(4)5;2-1-3/h6-10,15,18,21H,11-14H2,1-5H3,(H,28,30);1H,(H,2,3). The second-order valence-corrected chi connectivity index (χ2v) is 9.15. The zero-order valence-electron chi connectivity index (χ0n) is 21.1. The molecule has 0 bridgehead atoms. The number of nitrogens with zero attached hydrogens (tertiary/aromatic N) is 5. The largest absolute Gasteiger partial charge is 0.483 e. The van der Waals surface area contributed by atoms with Crippen LogP contribution in [0.4, 0.5) is 11.5 Å². The fourth-order valence-electron chi connectivity index (χ4n) is 4.75. The molecule has 1 aliphatic heterocycles. The van der Waals surface area contributed by atoms with Gasteiger partial charge in [0.15, 0.2) is 5.82 Å². The van der Waals surface area contributed by atoms with Crippen LogP contribution in [0, 0.1) is 25.2 Å². The summed E-state index contributed by atoms with van der Waals surface area (Å²) < 4.78 is 0. The van der Waals surface area contributed by atoms with E-state index in [4.69, 9.17) is 9.90 Å². The van der Waals surface area contributed by atoms with Crippen molar-refractivity contribution in [1.82, 2.24) is 15.1 Å². The van der Waals surface area contributed by atoms with E-state index >= 15 is 0 Å². The van der Waals surface area contributed by atoms with Crippen LogP contribution in [0.25, 0.3) is 10.8 Å². The molecule has 8 heteroatoms. The number of rotatable bonds is 5. The third-order valence-corrected chi connectivity index (χ3v) is 6.82. The highest BCUT2D eigenvalue weighted by Gasteiger charge is 2.22. The predicted molar refractivity (Wildman–Crippen MR) is 140 cm³/mol. The SMILES string of the molecule is Cc1c(C#N)cccc1C(C)Nc1nnc(C)c2ccc(N3CCC(N(C)C)CC3)cc12.O=CO. The summed E-state index contributed by atoms with van der Waals surface area (Å²) >= 11 is 0. The smallest absolute Gasteiger partial charge is 0.290 e. The Hall–Kier alpha value is -3.70. The van der Waals surface area contributed by atoms with Gasteiger partial charge in [0.05, 0.1) is 23.4 Å². The van der Waals surface area contributed by atoms with Gasteiger partial charge in [-0.2, -0.15) is 10.4 Å². The molecule has 1 aromatic heterocycles. The van der Waals surface area contributed by atoms with Gasteiger partial charge in [0.1, 0.15) is 0 Å². The Balaban J connectivity index is 0.00000108. The number of hydrogen-bond donors (Lipinski definition) is 2. The van der Waals surface area contributed by atoms with Crippen molar-refractivity contribution in [2.45, 2.75) is 45.7 Å². The summed E-state index contributed by atoms with van der Waals surface area (Å²) in [4.78, 5) is 13.2. The number of benzene rings is 2. The fraction of sp³-hybridized carbons (Fsp3) is 0.407. The quantitative estimate of drug-likeness (QED) is 0.520. The van der Waals surface area contributed by atoms with E-state index in [1.54, 1.807) is 0 Å². The average Bonchev–Trinajstić information content (AvgIpc) is 2.86. The number of carboxylic acid groups (broad SMARTS) is 1. The van der Waals surface area contributed by atoms with Crippen LogP contribution in [-0.2, 0) is 4.79 Å². The molecule has 0 spiro atoms. The first-order valence-electron chi connectivity index (χ1n) is 11.8. The molecule has 1 atom stereocenters. The molecule has 2 heterocycles. The van der Waals surface area contributed by atoms with Gasteiger partial charge < -0.3 is 20.2 Å². The van der Waals surface area contributed by atoms with Crippen LogP contribution in [0.2, 0.25) is 0 Å². The Morgan fingerprint density at radius 2 is 1.86 bits per heavy atom. The zero-order valence-corrected chi connectivity index (χ0v) is 21.1. The Kier molecular flexibility index (Phi) is 8.61. The predicted octanol–water partition coefficient (Wildman–Crippen LogP) is 4.52. The maximum atomic E-state index is 9.39. The molecule has 1 saturated heterocycles. The van der Waals surface area contributed by atoms with Gasteiger partial charge in [0.2, 0.25) is 0 Å². The summed E-state index contributed by atoms with van der Waals surface area (Å²) in [7, 11) is 4.34. The summed E-state index contributed by atoms with van der Waals surface area (Å²) in [6.45, 7) is 7.98. The third-order valence-electron chi connectivity index (χ3n) is 6.82. The lowest BCUT2D eigenvalue weighted by Gasteiger charge is -2.36. The highest BCUT2D eigenvalue weighted by Crippen LogP contribution is 2.32. The van der Waals surface area contributed by atoms with Gasteiger partial charge in [-0.05, 0) is 77.0 Å². The van der Waals surface area contributed by atoms with Gasteiger partial charge in [0, 0.05) is 35.6 Å². The summed E-state index contributed by atoms with van der Waals surface area (Å²) in [5.41, 5.74) is 4.98. The molecule has 0 amide bonds. The van der Waals surface area contributed by atoms with Gasteiger partial charge in [-0.15, -0.1) is 5.10 Å². The summed E-state index contributed by atoms with van der Waals surface area (Å²) in [6.07, 6.45) is 2.35. The number of nitriles is 1. The summed E-state index contributed by atoms with van der Waals surface area (Å²) in [5.74, 6) is 0.782. The lowest BCUT2D eigenvalue weighted by atomic mass is 9.98. The topological polar surface area (TPSA) is 105 Å². The number of aryl methyl sites for hydroxylation is 1. The first kappa shape index (κ1) is 25.9. The van der Waals surface area contributed by atoms with E-state index < -0.39 is 0 Å². The molecule has 0 saturated carbocycles. The molecule has 2 N–H and O–H groups in total. The summed E-state index contributed by atoms with van der Waals surface area (Å²) in [5, 5.41) is 31.0. The molecule has 2 aromatic carbocycles. The van der Waals surface area contributed by atoms with E-state index in [1.165, 1.54) is 18.5 Å². The fourth-order valence-corrected chi connectivity index (χ4v) is 4.75. The van der Waals surface area contributed by atoms with Crippen molar-refractivity contribution in [2.75, 3.05) is 37.4 Å². The van der Waals surface area contributed by atoms with Crippen molar-refractivity contribution < 1.29 is 9.90 Å². The van der Waals surface area contributed by atoms with Gasteiger partial charge in [-0.1, -0.05) is 18.2 Å². The molecule has 1 fully saturated rings. The van der Waals surface area contributed by atoms with Crippen LogP contribution >= 0.6 is 0 Å². The van der Waals surface area contributed by atoms with Gasteiger partial charge >= 0.3 is 0 Å². The van der Waals surface area contributed by atoms with Gasteiger partial charge in [-0.3, -0.25) is 4.79 Å². The van der Waals surface area contributed by atoms with Crippen LogP contribution in [0.5, 0.6) is 0 Å². The van der Waals surface area contributed by atoms with Crippen molar-refractivity contribution in [1.29, 1.82) is 5.26 Å². The molecule has 184 valence electrons. The minimum Gasteiger partial charge on any atom is -0.483 e. The van der Waals surface area contributed by atoms with Gasteiger partial charge in [-0.25, -0.2) is 0 Å².